The van der Waals surface area contributed by atoms with Gasteiger partial charge in [-0.05, 0) is 41.1 Å². The molecule has 2 rings (SSSR count). The first-order valence-corrected chi connectivity index (χ1v) is 6.35. The molecule has 1 heterocycles. The van der Waals surface area contributed by atoms with Crippen LogP contribution < -0.4 is 0 Å². The molecular weight excluding hydrogens is 318 g/mol. The first kappa shape index (κ1) is 13.9. The Balaban J connectivity index is 2.33. The monoisotopic (exact) mass is 328 g/mol. The smallest absolute Gasteiger partial charge is 0.171 e. The van der Waals surface area contributed by atoms with Crippen molar-refractivity contribution in [2.75, 3.05) is 0 Å². The van der Waals surface area contributed by atoms with Crippen LogP contribution in [0.3, 0.4) is 0 Å². The number of aryl methyl sites for hydroxylation is 2. The summed E-state index contributed by atoms with van der Waals surface area (Å²) in [5.41, 5.74) is 1.13. The van der Waals surface area contributed by atoms with E-state index in [9.17, 15) is 13.6 Å². The van der Waals surface area contributed by atoms with E-state index in [0.717, 1.165) is 23.9 Å². The van der Waals surface area contributed by atoms with Crippen LogP contribution in [0.4, 0.5) is 8.78 Å². The molecule has 100 valence electrons. The van der Waals surface area contributed by atoms with Gasteiger partial charge in [0.15, 0.2) is 5.78 Å². The third-order valence-corrected chi connectivity index (χ3v) is 3.85. The Labute approximate surface area is 117 Å². The number of rotatable bonds is 3. The van der Waals surface area contributed by atoms with E-state index in [-0.39, 0.29) is 12.0 Å². The van der Waals surface area contributed by atoms with Gasteiger partial charge in [-0.25, -0.2) is 8.78 Å². The molecule has 3 nitrogen and oxygen atoms in total. The minimum atomic E-state index is -0.721. The number of carbonyl (C=O) groups excluding carboxylic acids is 1. The topological polar surface area (TPSA) is 34.9 Å². The molecule has 19 heavy (non-hydrogen) atoms. The first-order valence-electron chi connectivity index (χ1n) is 5.56. The Morgan fingerprint density at radius 3 is 2.68 bits per heavy atom. The number of Topliss-reactive ketones (excluding diaryl/α,β-unsaturated/α-hetero) is 1. The lowest BCUT2D eigenvalue weighted by Gasteiger charge is -2.04. The minimum absolute atomic E-state index is 0.0434. The summed E-state index contributed by atoms with van der Waals surface area (Å²) in [5.74, 6) is -1.84. The summed E-state index contributed by atoms with van der Waals surface area (Å²) in [5, 5.41) is 4.15. The van der Waals surface area contributed by atoms with Crippen molar-refractivity contribution in [2.24, 2.45) is 7.05 Å². The third kappa shape index (κ3) is 2.73. The summed E-state index contributed by atoms with van der Waals surface area (Å²) in [7, 11) is 1.70. The van der Waals surface area contributed by atoms with Gasteiger partial charge in [-0.1, -0.05) is 0 Å². The highest BCUT2D eigenvalue weighted by atomic mass is 79.9. The molecule has 0 aliphatic carbocycles. The molecule has 6 heteroatoms. The highest BCUT2D eigenvalue weighted by Crippen LogP contribution is 2.22. The van der Waals surface area contributed by atoms with Crippen LogP contribution in [-0.4, -0.2) is 15.6 Å². The molecular formula is C13H11BrF2N2O. The van der Waals surface area contributed by atoms with Crippen molar-refractivity contribution in [3.05, 3.63) is 51.3 Å². The van der Waals surface area contributed by atoms with Gasteiger partial charge in [0.2, 0.25) is 0 Å². The predicted molar refractivity (Wildman–Crippen MR) is 70.0 cm³/mol. The van der Waals surface area contributed by atoms with E-state index in [1.807, 2.05) is 0 Å². The summed E-state index contributed by atoms with van der Waals surface area (Å²) in [4.78, 5) is 12.0. The lowest BCUT2D eigenvalue weighted by molar-refractivity contribution is 0.0986. The normalized spacial score (nSPS) is 10.8. The van der Waals surface area contributed by atoms with Gasteiger partial charge < -0.3 is 0 Å². The number of benzene rings is 1. The SMILES string of the molecule is Cc1nn(C)c(CC(=O)c2cc(F)ccc2F)c1Br. The van der Waals surface area contributed by atoms with Gasteiger partial charge in [0.25, 0.3) is 0 Å². The van der Waals surface area contributed by atoms with Gasteiger partial charge >= 0.3 is 0 Å². The zero-order valence-corrected chi connectivity index (χ0v) is 12.0. The molecule has 1 aromatic carbocycles. The lowest BCUT2D eigenvalue weighted by Crippen LogP contribution is -2.10. The number of hydrogen-bond acceptors (Lipinski definition) is 2. The minimum Gasteiger partial charge on any atom is -0.294 e. The summed E-state index contributed by atoms with van der Waals surface area (Å²) in [6.45, 7) is 1.79. The number of hydrogen-bond donors (Lipinski definition) is 0. The number of ketones is 1. The molecule has 1 aromatic heterocycles. The highest BCUT2D eigenvalue weighted by molar-refractivity contribution is 9.10. The molecule has 0 saturated heterocycles. The average Bonchev–Trinajstić information content (AvgIpc) is 2.59. The van der Waals surface area contributed by atoms with Gasteiger partial charge in [0.1, 0.15) is 11.6 Å². The van der Waals surface area contributed by atoms with E-state index in [0.29, 0.717) is 10.2 Å². The van der Waals surface area contributed by atoms with E-state index >= 15 is 0 Å². The number of halogens is 3. The quantitative estimate of drug-likeness (QED) is 0.811. The van der Waals surface area contributed by atoms with Crippen LogP contribution in [0.15, 0.2) is 22.7 Å². The van der Waals surface area contributed by atoms with E-state index in [2.05, 4.69) is 21.0 Å². The molecule has 0 saturated carbocycles. The van der Waals surface area contributed by atoms with Crippen LogP contribution in [0.5, 0.6) is 0 Å². The van der Waals surface area contributed by atoms with Crippen molar-refractivity contribution in [2.45, 2.75) is 13.3 Å². The maximum atomic E-state index is 13.5. The van der Waals surface area contributed by atoms with Crippen molar-refractivity contribution >= 4 is 21.7 Å². The Morgan fingerprint density at radius 1 is 1.42 bits per heavy atom. The van der Waals surface area contributed by atoms with Crippen molar-refractivity contribution < 1.29 is 13.6 Å². The van der Waals surface area contributed by atoms with Crippen LogP contribution in [0.1, 0.15) is 21.7 Å². The number of aromatic nitrogens is 2. The van der Waals surface area contributed by atoms with E-state index in [1.54, 1.807) is 18.7 Å². The molecule has 2 aromatic rings. The van der Waals surface area contributed by atoms with Crippen LogP contribution >= 0.6 is 15.9 Å². The van der Waals surface area contributed by atoms with Gasteiger partial charge in [-0.3, -0.25) is 9.48 Å². The number of nitrogens with zero attached hydrogens (tertiary/aromatic N) is 2. The molecule has 0 amide bonds. The molecule has 0 aliphatic rings. The fourth-order valence-corrected chi connectivity index (χ4v) is 2.31. The standard InChI is InChI=1S/C13H11BrF2N2O/c1-7-13(14)11(18(2)17-7)6-12(19)9-5-8(15)3-4-10(9)16/h3-5H,6H2,1-2H3. The van der Waals surface area contributed by atoms with Crippen molar-refractivity contribution in [3.8, 4) is 0 Å². The molecule has 0 unspecified atom stereocenters. The second-order valence-electron chi connectivity index (χ2n) is 4.19. The maximum Gasteiger partial charge on any atom is 0.171 e. The van der Waals surface area contributed by atoms with E-state index < -0.39 is 17.4 Å². The molecule has 0 atom stereocenters. The molecule has 0 fully saturated rings. The van der Waals surface area contributed by atoms with Crippen LogP contribution in [-0.2, 0) is 13.5 Å². The molecule has 0 bridgehead atoms. The predicted octanol–water partition coefficient (Wildman–Crippen LogP) is 3.19. The van der Waals surface area contributed by atoms with Crippen molar-refractivity contribution in [3.63, 3.8) is 0 Å². The maximum absolute atomic E-state index is 13.5. The Hall–Kier alpha value is -1.56. The van der Waals surface area contributed by atoms with Crippen LogP contribution in [0, 0.1) is 18.6 Å². The summed E-state index contributed by atoms with van der Waals surface area (Å²) < 4.78 is 28.8. The Morgan fingerprint density at radius 2 is 2.11 bits per heavy atom. The average molecular weight is 329 g/mol. The Bertz CT molecular complexity index is 652. The second-order valence-corrected chi connectivity index (χ2v) is 4.99. The van der Waals surface area contributed by atoms with Gasteiger partial charge in [0, 0.05) is 7.05 Å². The first-order chi connectivity index (χ1) is 8.90. The van der Waals surface area contributed by atoms with Crippen LogP contribution in [0.2, 0.25) is 0 Å². The summed E-state index contributed by atoms with van der Waals surface area (Å²) in [6, 6.07) is 2.84. The van der Waals surface area contributed by atoms with Gasteiger partial charge in [-0.2, -0.15) is 5.10 Å². The largest absolute Gasteiger partial charge is 0.294 e. The molecule has 0 spiro atoms. The fraction of sp³-hybridized carbons (Fsp3) is 0.231. The van der Waals surface area contributed by atoms with Crippen LogP contribution in [0.25, 0.3) is 0 Å². The zero-order chi connectivity index (χ0) is 14.2. The van der Waals surface area contributed by atoms with E-state index in [1.165, 1.54) is 0 Å². The number of carbonyl (C=O) groups is 1. The molecule has 0 N–H and O–H groups in total. The zero-order valence-electron chi connectivity index (χ0n) is 10.4. The molecule has 0 aliphatic heterocycles. The van der Waals surface area contributed by atoms with Gasteiger partial charge in [-0.15, -0.1) is 0 Å². The van der Waals surface area contributed by atoms with Gasteiger partial charge in [0.05, 0.1) is 27.8 Å². The van der Waals surface area contributed by atoms with Crippen molar-refractivity contribution in [1.82, 2.24) is 9.78 Å². The fourth-order valence-electron chi connectivity index (χ4n) is 1.83. The second kappa shape index (κ2) is 5.21. The lowest BCUT2D eigenvalue weighted by atomic mass is 10.1. The summed E-state index contributed by atoms with van der Waals surface area (Å²) >= 11 is 3.33. The van der Waals surface area contributed by atoms with Crippen molar-refractivity contribution in [1.29, 1.82) is 0 Å². The molecule has 0 radical (unpaired) electrons. The third-order valence-electron chi connectivity index (χ3n) is 2.82. The van der Waals surface area contributed by atoms with E-state index in [4.69, 9.17) is 0 Å². The highest BCUT2D eigenvalue weighted by Gasteiger charge is 2.18. The Kier molecular flexibility index (Phi) is 3.80. The summed E-state index contributed by atoms with van der Waals surface area (Å²) in [6.07, 6.45) is -0.0434.